The van der Waals surface area contributed by atoms with Crippen molar-refractivity contribution in [3.05, 3.63) is 72.3 Å². The number of benzene rings is 3. The van der Waals surface area contributed by atoms with Crippen LogP contribution in [-0.4, -0.2) is 29.1 Å². The molecule has 0 unspecified atom stereocenters. The fraction of sp³-hybridized carbons (Fsp3) is 0.0526. The maximum atomic E-state index is 13.9. The Bertz CT molecular complexity index is 1350. The maximum absolute atomic E-state index is 13.9. The zero-order chi connectivity index (χ0) is 22.8. The molecule has 164 valence electrons. The van der Waals surface area contributed by atoms with Crippen molar-refractivity contribution < 1.29 is 35.5 Å². The standard InChI is InChI=1S/C19H16F2N2O6S2/c1-29-18-5-3-2-4-15(18)22-30(25,26)13-7-8-17(24)16(11-13)23-31(27,28)19-9-6-12(20)10-14(19)21/h2-11,22-24H,1H3. The first-order chi connectivity index (χ1) is 14.5. The summed E-state index contributed by atoms with van der Waals surface area (Å²) < 4.78 is 86.6. The number of rotatable bonds is 7. The second-order valence-corrected chi connectivity index (χ2v) is 9.50. The van der Waals surface area contributed by atoms with Crippen LogP contribution in [0.2, 0.25) is 0 Å². The van der Waals surface area contributed by atoms with Gasteiger partial charge in [-0.15, -0.1) is 0 Å². The third-order valence-electron chi connectivity index (χ3n) is 4.06. The summed E-state index contributed by atoms with van der Waals surface area (Å²) in [6, 6.07) is 10.9. The molecule has 0 aliphatic heterocycles. The highest BCUT2D eigenvalue weighted by molar-refractivity contribution is 7.93. The lowest BCUT2D eigenvalue weighted by molar-refractivity contribution is 0.417. The van der Waals surface area contributed by atoms with Crippen LogP contribution in [0.25, 0.3) is 0 Å². The summed E-state index contributed by atoms with van der Waals surface area (Å²) in [4.78, 5) is -1.28. The minimum absolute atomic E-state index is 0.133. The highest BCUT2D eigenvalue weighted by Crippen LogP contribution is 2.31. The SMILES string of the molecule is COc1ccccc1NS(=O)(=O)c1ccc(O)c(NS(=O)(=O)c2ccc(F)cc2F)c1. The number of halogens is 2. The topological polar surface area (TPSA) is 122 Å². The first kappa shape index (κ1) is 22.3. The maximum Gasteiger partial charge on any atom is 0.264 e. The molecule has 0 atom stereocenters. The first-order valence-electron chi connectivity index (χ1n) is 8.50. The molecule has 0 aliphatic rings. The average Bonchev–Trinajstić information content (AvgIpc) is 2.69. The van der Waals surface area contributed by atoms with E-state index in [2.05, 4.69) is 4.72 Å². The summed E-state index contributed by atoms with van der Waals surface area (Å²) in [6.45, 7) is 0. The summed E-state index contributed by atoms with van der Waals surface area (Å²) in [5.74, 6) is -2.69. The largest absolute Gasteiger partial charge is 0.506 e. The van der Waals surface area contributed by atoms with E-state index in [4.69, 9.17) is 4.74 Å². The number of hydrogen-bond acceptors (Lipinski definition) is 6. The second kappa shape index (κ2) is 8.40. The molecule has 0 aromatic heterocycles. The molecule has 3 aromatic rings. The molecule has 0 spiro atoms. The molecule has 0 amide bonds. The Morgan fingerprint density at radius 2 is 1.52 bits per heavy atom. The second-order valence-electron chi connectivity index (χ2n) is 6.16. The number of para-hydroxylation sites is 2. The van der Waals surface area contributed by atoms with E-state index in [1.54, 1.807) is 12.1 Å². The van der Waals surface area contributed by atoms with Crippen molar-refractivity contribution in [3.8, 4) is 11.5 Å². The van der Waals surface area contributed by atoms with E-state index in [0.717, 1.165) is 24.3 Å². The summed E-state index contributed by atoms with van der Waals surface area (Å²) in [6.07, 6.45) is 0. The molecule has 3 N–H and O–H groups in total. The predicted molar refractivity (Wildman–Crippen MR) is 109 cm³/mol. The quantitative estimate of drug-likeness (QED) is 0.456. The molecule has 0 bridgehead atoms. The molecule has 0 saturated carbocycles. The van der Waals surface area contributed by atoms with Gasteiger partial charge in [-0.25, -0.2) is 25.6 Å². The first-order valence-corrected chi connectivity index (χ1v) is 11.5. The number of aromatic hydroxyl groups is 1. The molecular weight excluding hydrogens is 454 g/mol. The van der Waals surface area contributed by atoms with Crippen LogP contribution in [-0.2, 0) is 20.0 Å². The van der Waals surface area contributed by atoms with E-state index in [1.165, 1.54) is 19.2 Å². The van der Waals surface area contributed by atoms with Crippen LogP contribution in [0.1, 0.15) is 0 Å². The number of sulfonamides is 2. The van der Waals surface area contributed by atoms with Gasteiger partial charge < -0.3 is 9.84 Å². The molecule has 3 rings (SSSR count). The highest BCUT2D eigenvalue weighted by Gasteiger charge is 2.23. The number of phenolic OH excluding ortho intramolecular Hbond substituents is 1. The van der Waals surface area contributed by atoms with Gasteiger partial charge in [-0.05, 0) is 42.5 Å². The minimum Gasteiger partial charge on any atom is -0.506 e. The zero-order valence-electron chi connectivity index (χ0n) is 15.8. The smallest absolute Gasteiger partial charge is 0.264 e. The minimum atomic E-state index is -4.60. The van der Waals surface area contributed by atoms with E-state index < -0.39 is 52.9 Å². The number of anilines is 2. The van der Waals surface area contributed by atoms with Gasteiger partial charge in [0.1, 0.15) is 28.0 Å². The van der Waals surface area contributed by atoms with Gasteiger partial charge in [0.05, 0.1) is 23.4 Å². The van der Waals surface area contributed by atoms with E-state index in [9.17, 15) is 30.7 Å². The molecule has 3 aromatic carbocycles. The van der Waals surface area contributed by atoms with E-state index >= 15 is 0 Å². The van der Waals surface area contributed by atoms with Crippen molar-refractivity contribution in [2.75, 3.05) is 16.6 Å². The van der Waals surface area contributed by atoms with E-state index in [1.807, 2.05) is 4.72 Å². The molecule has 12 heteroatoms. The van der Waals surface area contributed by atoms with Crippen LogP contribution in [0.5, 0.6) is 11.5 Å². The van der Waals surface area contributed by atoms with Crippen LogP contribution < -0.4 is 14.2 Å². The van der Waals surface area contributed by atoms with Gasteiger partial charge in [-0.2, -0.15) is 0 Å². The van der Waals surface area contributed by atoms with Crippen molar-refractivity contribution >= 4 is 31.4 Å². The number of ether oxygens (including phenoxy) is 1. The van der Waals surface area contributed by atoms with Crippen LogP contribution in [0, 0.1) is 11.6 Å². The fourth-order valence-electron chi connectivity index (χ4n) is 2.59. The van der Waals surface area contributed by atoms with Crippen molar-refractivity contribution in [2.45, 2.75) is 9.79 Å². The van der Waals surface area contributed by atoms with Crippen molar-refractivity contribution in [3.63, 3.8) is 0 Å². The number of nitrogens with one attached hydrogen (secondary N) is 2. The van der Waals surface area contributed by atoms with Gasteiger partial charge in [0.25, 0.3) is 20.0 Å². The number of phenols is 1. The average molecular weight is 470 g/mol. The molecule has 0 saturated heterocycles. The summed E-state index contributed by atoms with van der Waals surface area (Å²) in [7, 11) is -7.46. The third-order valence-corrected chi connectivity index (χ3v) is 6.82. The Labute approximate surface area is 177 Å². The van der Waals surface area contributed by atoms with Gasteiger partial charge >= 0.3 is 0 Å². The molecule has 0 aliphatic carbocycles. The van der Waals surface area contributed by atoms with Gasteiger partial charge in [-0.1, -0.05) is 12.1 Å². The van der Waals surface area contributed by atoms with Crippen LogP contribution in [0.4, 0.5) is 20.2 Å². The van der Waals surface area contributed by atoms with Crippen molar-refractivity contribution in [1.82, 2.24) is 0 Å². The lowest BCUT2D eigenvalue weighted by Gasteiger charge is -2.14. The normalized spacial score (nSPS) is 11.7. The van der Waals surface area contributed by atoms with E-state index in [0.29, 0.717) is 12.1 Å². The van der Waals surface area contributed by atoms with Crippen molar-refractivity contribution in [2.24, 2.45) is 0 Å². The summed E-state index contributed by atoms with van der Waals surface area (Å²) in [5.41, 5.74) is -0.389. The monoisotopic (exact) mass is 470 g/mol. The zero-order valence-corrected chi connectivity index (χ0v) is 17.5. The van der Waals surface area contributed by atoms with Gasteiger partial charge in [0, 0.05) is 6.07 Å². The fourth-order valence-corrected chi connectivity index (χ4v) is 4.81. The molecule has 0 heterocycles. The Morgan fingerprint density at radius 3 is 2.19 bits per heavy atom. The Balaban J connectivity index is 1.96. The lowest BCUT2D eigenvalue weighted by atomic mass is 10.3. The van der Waals surface area contributed by atoms with Crippen LogP contribution >= 0.6 is 0 Å². The number of methoxy groups -OCH3 is 1. The van der Waals surface area contributed by atoms with E-state index in [-0.39, 0.29) is 11.4 Å². The van der Waals surface area contributed by atoms with Crippen LogP contribution in [0.3, 0.4) is 0 Å². The molecule has 0 fully saturated rings. The highest BCUT2D eigenvalue weighted by atomic mass is 32.2. The Hall–Kier alpha value is -3.38. The predicted octanol–water partition coefficient (Wildman–Crippen LogP) is 3.28. The molecular formula is C19H16F2N2O6S2. The molecule has 0 radical (unpaired) electrons. The Morgan fingerprint density at radius 1 is 0.839 bits per heavy atom. The van der Waals surface area contributed by atoms with Gasteiger partial charge in [0.15, 0.2) is 0 Å². The molecule has 8 nitrogen and oxygen atoms in total. The van der Waals surface area contributed by atoms with Crippen molar-refractivity contribution in [1.29, 1.82) is 0 Å². The lowest BCUT2D eigenvalue weighted by Crippen LogP contribution is -2.17. The number of hydrogen-bond donors (Lipinski definition) is 3. The van der Waals surface area contributed by atoms with Gasteiger partial charge in [-0.3, -0.25) is 9.44 Å². The van der Waals surface area contributed by atoms with Crippen LogP contribution in [0.15, 0.2) is 70.5 Å². The van der Waals surface area contributed by atoms with Gasteiger partial charge in [0.2, 0.25) is 0 Å². The Kier molecular flexibility index (Phi) is 6.04. The molecule has 31 heavy (non-hydrogen) atoms. The summed E-state index contributed by atoms with van der Waals surface area (Å²) in [5, 5.41) is 9.98. The summed E-state index contributed by atoms with van der Waals surface area (Å²) >= 11 is 0. The third kappa shape index (κ3) is 4.86.